The third-order valence-corrected chi connectivity index (χ3v) is 3.94. The van der Waals surface area contributed by atoms with E-state index in [-0.39, 0.29) is 17.3 Å². The fourth-order valence-electron chi connectivity index (χ4n) is 2.69. The number of para-hydroxylation sites is 2. The van der Waals surface area contributed by atoms with Crippen molar-refractivity contribution in [3.05, 3.63) is 84.1 Å². The van der Waals surface area contributed by atoms with E-state index in [9.17, 15) is 9.90 Å². The fourth-order valence-corrected chi connectivity index (χ4v) is 2.69. The van der Waals surface area contributed by atoms with Gasteiger partial charge >= 0.3 is 0 Å². The molecular formula is C20H14N2O4. The molecule has 0 spiro atoms. The number of carbonyl (C=O) groups excluding carboxylic acids is 1. The Kier molecular flexibility index (Phi) is 4.07. The lowest BCUT2D eigenvalue weighted by molar-refractivity contribution is -0.109. The minimum Gasteiger partial charge on any atom is -0.507 e. The Balaban J connectivity index is 1.64. The second-order valence-electron chi connectivity index (χ2n) is 5.63. The molecule has 0 bridgehead atoms. The number of ether oxygens (including phenoxy) is 2. The van der Waals surface area contributed by atoms with Crippen LogP contribution in [0.15, 0.2) is 72.8 Å². The van der Waals surface area contributed by atoms with Gasteiger partial charge in [0.25, 0.3) is 0 Å². The molecule has 1 aliphatic rings. The van der Waals surface area contributed by atoms with Crippen molar-refractivity contribution in [1.29, 1.82) is 0 Å². The Labute approximate surface area is 149 Å². The van der Waals surface area contributed by atoms with Crippen molar-refractivity contribution in [2.75, 3.05) is 0 Å². The lowest BCUT2D eigenvalue weighted by atomic mass is 9.94. The van der Waals surface area contributed by atoms with Crippen LogP contribution in [-0.4, -0.2) is 21.4 Å². The van der Waals surface area contributed by atoms with Crippen molar-refractivity contribution in [2.45, 2.75) is 5.92 Å². The summed E-state index contributed by atoms with van der Waals surface area (Å²) in [5.74, 6) is 0.814. The Morgan fingerprint density at radius 3 is 2.38 bits per heavy atom. The van der Waals surface area contributed by atoms with E-state index in [1.165, 1.54) is 12.4 Å². The van der Waals surface area contributed by atoms with E-state index in [2.05, 4.69) is 9.97 Å². The van der Waals surface area contributed by atoms with E-state index in [0.717, 1.165) is 0 Å². The van der Waals surface area contributed by atoms with Crippen LogP contribution in [0.25, 0.3) is 5.76 Å². The number of carbonyl (C=O) groups is 1. The highest BCUT2D eigenvalue weighted by Gasteiger charge is 2.31. The van der Waals surface area contributed by atoms with Crippen LogP contribution in [0.4, 0.5) is 0 Å². The molecule has 0 amide bonds. The van der Waals surface area contributed by atoms with Crippen molar-refractivity contribution in [1.82, 2.24) is 9.97 Å². The van der Waals surface area contributed by atoms with E-state index in [1.54, 1.807) is 24.3 Å². The topological polar surface area (TPSA) is 81.5 Å². The van der Waals surface area contributed by atoms with Gasteiger partial charge in [-0.15, -0.1) is 0 Å². The largest absolute Gasteiger partial charge is 0.507 e. The second kappa shape index (κ2) is 6.68. The van der Waals surface area contributed by atoms with Gasteiger partial charge in [-0.1, -0.05) is 36.4 Å². The minimum atomic E-state index is -0.807. The predicted molar refractivity (Wildman–Crippen MR) is 94.0 cm³/mol. The Morgan fingerprint density at radius 1 is 0.962 bits per heavy atom. The minimum absolute atomic E-state index is 0.0621. The fraction of sp³-hybridized carbons (Fsp3) is 0.0500. The summed E-state index contributed by atoms with van der Waals surface area (Å²) in [5, 5.41) is 10.4. The van der Waals surface area contributed by atoms with Crippen molar-refractivity contribution in [3.8, 4) is 17.2 Å². The van der Waals surface area contributed by atoms with Gasteiger partial charge in [0.05, 0.1) is 12.4 Å². The van der Waals surface area contributed by atoms with Crippen LogP contribution in [0, 0.1) is 0 Å². The molecule has 0 fully saturated rings. The first-order valence-corrected chi connectivity index (χ1v) is 7.97. The molecular weight excluding hydrogens is 332 g/mol. The summed E-state index contributed by atoms with van der Waals surface area (Å²) in [4.78, 5) is 19.8. The summed E-state index contributed by atoms with van der Waals surface area (Å²) in [7, 11) is 0. The average molecular weight is 346 g/mol. The molecule has 1 aromatic heterocycles. The number of hydrogen-bond donors (Lipinski definition) is 1. The summed E-state index contributed by atoms with van der Waals surface area (Å²) in [6.07, 6.45) is 3.63. The number of aliphatic hydroxyl groups excluding tert-OH is 1. The molecule has 4 rings (SSSR count). The molecule has 128 valence electrons. The number of allylic oxidation sites excluding steroid dienone is 1. The third kappa shape index (κ3) is 2.88. The van der Waals surface area contributed by atoms with Crippen LogP contribution in [0.5, 0.6) is 17.2 Å². The summed E-state index contributed by atoms with van der Waals surface area (Å²) in [6, 6.07) is 16.3. The molecule has 1 unspecified atom stereocenters. The van der Waals surface area contributed by atoms with Gasteiger partial charge in [-0.2, -0.15) is 0 Å². The van der Waals surface area contributed by atoms with Gasteiger partial charge in [-0.05, 0) is 18.2 Å². The van der Waals surface area contributed by atoms with Crippen LogP contribution in [-0.2, 0) is 4.79 Å². The van der Waals surface area contributed by atoms with E-state index in [4.69, 9.17) is 9.47 Å². The smallest absolute Gasteiger partial charge is 0.210 e. The average Bonchev–Trinajstić information content (AvgIpc) is 2.69. The van der Waals surface area contributed by atoms with Gasteiger partial charge in [0, 0.05) is 5.56 Å². The number of fused-ring (bicyclic) bond motifs is 1. The normalized spacial score (nSPS) is 15.8. The van der Waals surface area contributed by atoms with Crippen molar-refractivity contribution in [3.63, 3.8) is 0 Å². The summed E-state index contributed by atoms with van der Waals surface area (Å²) >= 11 is 0. The molecule has 0 saturated heterocycles. The van der Waals surface area contributed by atoms with Crippen molar-refractivity contribution < 1.29 is 19.4 Å². The zero-order chi connectivity index (χ0) is 17.9. The monoisotopic (exact) mass is 346 g/mol. The highest BCUT2D eigenvalue weighted by Crippen LogP contribution is 2.39. The summed E-state index contributed by atoms with van der Waals surface area (Å²) in [6.45, 7) is 0. The standard InChI is InChI=1S/C20H14N2O4/c23-12-16-15-8-4-5-9-17(15)26-19(18(16)24)20-21-10-14(11-22-20)25-13-6-2-1-3-7-13/h1-12,16,24H. The quantitative estimate of drug-likeness (QED) is 0.722. The molecule has 0 radical (unpaired) electrons. The molecule has 3 aromatic rings. The SMILES string of the molecule is O=CC1C(O)=C(c2ncc(Oc3ccccc3)cn2)Oc2ccccc21. The number of hydrogen-bond acceptors (Lipinski definition) is 6. The van der Waals surface area contributed by atoms with Gasteiger partial charge in [0.2, 0.25) is 5.76 Å². The predicted octanol–water partition coefficient (Wildman–Crippen LogP) is 3.87. The van der Waals surface area contributed by atoms with Crippen LogP contribution < -0.4 is 9.47 Å². The lowest BCUT2D eigenvalue weighted by Crippen LogP contribution is -2.17. The lowest BCUT2D eigenvalue weighted by Gasteiger charge is -2.23. The summed E-state index contributed by atoms with van der Waals surface area (Å²) < 4.78 is 11.4. The molecule has 1 aliphatic heterocycles. The van der Waals surface area contributed by atoms with Gasteiger partial charge in [-0.25, -0.2) is 9.97 Å². The van der Waals surface area contributed by atoms with Crippen molar-refractivity contribution in [2.24, 2.45) is 0 Å². The van der Waals surface area contributed by atoms with Crippen molar-refractivity contribution >= 4 is 12.0 Å². The summed E-state index contributed by atoms with van der Waals surface area (Å²) in [5.41, 5.74) is 0.604. The van der Waals surface area contributed by atoms with Crippen LogP contribution >= 0.6 is 0 Å². The second-order valence-corrected chi connectivity index (χ2v) is 5.63. The number of aliphatic hydroxyl groups is 1. The van der Waals surface area contributed by atoms with Gasteiger partial charge in [-0.3, -0.25) is 0 Å². The molecule has 0 aliphatic carbocycles. The Hall–Kier alpha value is -3.67. The molecule has 1 N–H and O–H groups in total. The van der Waals surface area contributed by atoms with Crippen LogP contribution in [0.2, 0.25) is 0 Å². The maximum atomic E-state index is 11.5. The maximum absolute atomic E-state index is 11.5. The first-order chi connectivity index (χ1) is 12.8. The molecule has 6 nitrogen and oxygen atoms in total. The van der Waals surface area contributed by atoms with Crippen LogP contribution in [0.3, 0.4) is 0 Å². The number of rotatable bonds is 4. The van der Waals surface area contributed by atoms with Gasteiger partial charge in [0.15, 0.2) is 17.3 Å². The molecule has 26 heavy (non-hydrogen) atoms. The molecule has 2 aromatic carbocycles. The third-order valence-electron chi connectivity index (χ3n) is 3.94. The van der Waals surface area contributed by atoms with E-state index < -0.39 is 5.92 Å². The molecule has 0 saturated carbocycles. The molecule has 6 heteroatoms. The van der Waals surface area contributed by atoms with Gasteiger partial charge in [0.1, 0.15) is 23.7 Å². The van der Waals surface area contributed by atoms with E-state index >= 15 is 0 Å². The van der Waals surface area contributed by atoms with Gasteiger partial charge < -0.3 is 19.4 Å². The first kappa shape index (κ1) is 15.8. The molecule has 1 atom stereocenters. The maximum Gasteiger partial charge on any atom is 0.210 e. The highest BCUT2D eigenvalue weighted by atomic mass is 16.5. The zero-order valence-electron chi connectivity index (χ0n) is 13.6. The van der Waals surface area contributed by atoms with Crippen LogP contribution in [0.1, 0.15) is 17.3 Å². The molecule has 2 heterocycles. The van der Waals surface area contributed by atoms with E-state index in [1.807, 2.05) is 30.3 Å². The first-order valence-electron chi connectivity index (χ1n) is 7.97. The number of aldehydes is 1. The zero-order valence-corrected chi connectivity index (χ0v) is 13.6. The number of benzene rings is 2. The Morgan fingerprint density at radius 2 is 1.65 bits per heavy atom. The Bertz CT molecular complexity index is 969. The highest BCUT2D eigenvalue weighted by molar-refractivity contribution is 5.77. The number of nitrogens with zero attached hydrogens (tertiary/aromatic N) is 2. The van der Waals surface area contributed by atoms with E-state index in [0.29, 0.717) is 29.1 Å². The number of aromatic nitrogens is 2.